The van der Waals surface area contributed by atoms with Gasteiger partial charge in [0.15, 0.2) is 0 Å². The van der Waals surface area contributed by atoms with Gasteiger partial charge in [0.2, 0.25) is 0 Å². The van der Waals surface area contributed by atoms with E-state index >= 15 is 0 Å². The van der Waals surface area contributed by atoms with Gasteiger partial charge in [0, 0.05) is 19.4 Å². The Morgan fingerprint density at radius 3 is 1.08 bits per heavy atom. The summed E-state index contributed by atoms with van der Waals surface area (Å²) in [5.74, 6) is -1.73. The van der Waals surface area contributed by atoms with Crippen LogP contribution in [-0.4, -0.2) is 186 Å². The van der Waals surface area contributed by atoms with Crippen LogP contribution < -0.4 is 5.32 Å². The standard InChI is InChI=1S/C34H62N2O17/c1-34(2,3)52-33(40)35-7-9-42-11-13-44-15-17-46-19-21-48-23-25-50-27-29-51-28-26-49-24-22-47-20-18-45-16-14-43-12-10-41-8-6-32(39)53-36-30(37)4-5-31(36)38/h4-29H2,1-3H3,(H,35,40). The lowest BCUT2D eigenvalue weighted by atomic mass is 10.2. The smallest absolute Gasteiger partial charge is 0.407 e. The second-order valence-corrected chi connectivity index (χ2v) is 12.0. The van der Waals surface area contributed by atoms with Crippen LogP contribution in [0.15, 0.2) is 0 Å². The molecule has 1 rings (SSSR count). The average molecular weight is 771 g/mol. The van der Waals surface area contributed by atoms with Crippen LogP contribution >= 0.6 is 0 Å². The maximum Gasteiger partial charge on any atom is 0.407 e. The maximum atomic E-state index is 11.7. The Hall–Kier alpha value is -2.56. The van der Waals surface area contributed by atoms with E-state index < -0.39 is 29.5 Å². The minimum Gasteiger partial charge on any atom is -0.444 e. The molecule has 1 fully saturated rings. The molecule has 0 aromatic rings. The molecule has 1 aliphatic rings. The Labute approximate surface area is 312 Å². The van der Waals surface area contributed by atoms with Crippen LogP contribution in [0.5, 0.6) is 0 Å². The Morgan fingerprint density at radius 2 is 0.774 bits per heavy atom. The lowest BCUT2D eigenvalue weighted by molar-refractivity contribution is -0.198. The maximum absolute atomic E-state index is 11.7. The van der Waals surface area contributed by atoms with Gasteiger partial charge in [-0.25, -0.2) is 9.59 Å². The van der Waals surface area contributed by atoms with Gasteiger partial charge < -0.3 is 67.0 Å². The van der Waals surface area contributed by atoms with Crippen molar-refractivity contribution >= 4 is 23.9 Å². The summed E-state index contributed by atoms with van der Waals surface area (Å²) >= 11 is 0. The van der Waals surface area contributed by atoms with Gasteiger partial charge in [-0.3, -0.25) is 9.59 Å². The zero-order valence-corrected chi connectivity index (χ0v) is 31.8. The lowest BCUT2D eigenvalue weighted by Crippen LogP contribution is -2.34. The highest BCUT2D eigenvalue weighted by molar-refractivity contribution is 6.01. The summed E-state index contributed by atoms with van der Waals surface area (Å²) in [5.41, 5.74) is -0.521. The number of rotatable bonds is 37. The van der Waals surface area contributed by atoms with Gasteiger partial charge >= 0.3 is 12.1 Å². The van der Waals surface area contributed by atoms with Gasteiger partial charge in [-0.15, -0.1) is 5.06 Å². The highest BCUT2D eigenvalue weighted by Crippen LogP contribution is 2.12. The van der Waals surface area contributed by atoms with Crippen LogP contribution in [0.1, 0.15) is 40.0 Å². The fraction of sp³-hybridized carbons (Fsp3) is 0.882. The van der Waals surface area contributed by atoms with Crippen molar-refractivity contribution in [1.29, 1.82) is 0 Å². The van der Waals surface area contributed by atoms with Crippen LogP contribution in [-0.2, 0) is 76.1 Å². The van der Waals surface area contributed by atoms with Crippen LogP contribution in [0.2, 0.25) is 0 Å². The molecule has 0 atom stereocenters. The van der Waals surface area contributed by atoms with Gasteiger partial charge in [0.1, 0.15) is 5.60 Å². The molecule has 1 aliphatic heterocycles. The van der Waals surface area contributed by atoms with E-state index in [1.807, 2.05) is 20.8 Å². The number of hydrogen-bond acceptors (Lipinski definition) is 17. The summed E-state index contributed by atoms with van der Waals surface area (Å²) in [4.78, 5) is 50.7. The molecule has 0 spiro atoms. The first kappa shape index (κ1) is 48.5. The fourth-order valence-corrected chi connectivity index (χ4v) is 3.80. The molecule has 19 nitrogen and oxygen atoms in total. The normalized spacial score (nSPS) is 13.2. The summed E-state index contributed by atoms with van der Waals surface area (Å²) in [6.45, 7) is 15.0. The molecule has 1 saturated heterocycles. The zero-order chi connectivity index (χ0) is 38.7. The number of carbonyl (C=O) groups excluding carboxylic acids is 4. The molecule has 0 aromatic heterocycles. The molecule has 0 unspecified atom stereocenters. The van der Waals surface area contributed by atoms with Crippen molar-refractivity contribution in [3.63, 3.8) is 0 Å². The molecule has 1 heterocycles. The largest absolute Gasteiger partial charge is 0.444 e. The predicted octanol–water partition coefficient (Wildman–Crippen LogP) is 0.691. The van der Waals surface area contributed by atoms with Crippen molar-refractivity contribution in [3.8, 4) is 0 Å². The van der Waals surface area contributed by atoms with Crippen molar-refractivity contribution in [2.24, 2.45) is 0 Å². The Bertz CT molecular complexity index is 921. The topological polar surface area (TPSA) is 204 Å². The predicted molar refractivity (Wildman–Crippen MR) is 185 cm³/mol. The summed E-state index contributed by atoms with van der Waals surface area (Å²) in [7, 11) is 0. The third kappa shape index (κ3) is 32.6. The van der Waals surface area contributed by atoms with E-state index in [1.165, 1.54) is 0 Å². The summed E-state index contributed by atoms with van der Waals surface area (Å²) in [5, 5.41) is 3.14. The number of carbonyl (C=O) groups is 4. The Morgan fingerprint density at radius 1 is 0.491 bits per heavy atom. The van der Waals surface area contributed by atoms with Crippen LogP contribution in [0, 0.1) is 0 Å². The van der Waals surface area contributed by atoms with Crippen LogP contribution in [0.3, 0.4) is 0 Å². The summed E-state index contributed by atoms with van der Waals surface area (Å²) in [6.07, 6.45) is -0.429. The van der Waals surface area contributed by atoms with E-state index in [4.69, 9.17) is 61.7 Å². The molecule has 3 amide bonds. The monoisotopic (exact) mass is 770 g/mol. The third-order valence-electron chi connectivity index (χ3n) is 6.28. The molecule has 310 valence electrons. The van der Waals surface area contributed by atoms with E-state index in [9.17, 15) is 19.2 Å². The summed E-state index contributed by atoms with van der Waals surface area (Å²) in [6, 6.07) is 0. The molecule has 53 heavy (non-hydrogen) atoms. The van der Waals surface area contributed by atoms with Crippen molar-refractivity contribution < 1.29 is 80.9 Å². The minimum absolute atomic E-state index is 0.0556. The molecule has 0 aromatic carbocycles. The average Bonchev–Trinajstić information content (AvgIpc) is 3.42. The van der Waals surface area contributed by atoms with Crippen LogP contribution in [0.4, 0.5) is 4.79 Å². The number of hydroxylamine groups is 2. The van der Waals surface area contributed by atoms with Gasteiger partial charge in [-0.1, -0.05) is 0 Å². The number of ether oxygens (including phenoxy) is 12. The first-order valence-corrected chi connectivity index (χ1v) is 18.1. The fourth-order valence-electron chi connectivity index (χ4n) is 3.80. The molecular weight excluding hydrogens is 708 g/mol. The Balaban J connectivity index is 1.65. The molecule has 19 heteroatoms. The first-order valence-electron chi connectivity index (χ1n) is 18.1. The number of imide groups is 1. The number of alkyl carbamates (subject to hydrolysis) is 1. The SMILES string of the molecule is CC(C)(C)OC(=O)NCCOCCOCCOCCOCCOCCOCCOCCOCCOCCOCCOCCC(=O)ON1C(=O)CCC1=O. The third-order valence-corrected chi connectivity index (χ3v) is 6.28. The molecule has 1 N–H and O–H groups in total. The van der Waals surface area contributed by atoms with E-state index in [1.54, 1.807) is 0 Å². The molecule has 0 radical (unpaired) electrons. The molecule has 0 aliphatic carbocycles. The highest BCUT2D eigenvalue weighted by atomic mass is 16.7. The van der Waals surface area contributed by atoms with E-state index in [0.29, 0.717) is 144 Å². The minimum atomic E-state index is -0.703. The van der Waals surface area contributed by atoms with E-state index in [2.05, 4.69) is 5.32 Å². The van der Waals surface area contributed by atoms with Crippen molar-refractivity contribution in [1.82, 2.24) is 10.4 Å². The number of nitrogens with one attached hydrogen (secondary N) is 1. The van der Waals surface area contributed by atoms with Crippen molar-refractivity contribution in [2.75, 3.05) is 152 Å². The lowest BCUT2D eigenvalue weighted by Gasteiger charge is -2.19. The molecular formula is C34H62N2O17. The molecule has 0 bridgehead atoms. The number of hydrogen-bond donors (Lipinski definition) is 1. The second kappa shape index (κ2) is 34.0. The van der Waals surface area contributed by atoms with E-state index in [-0.39, 0.29) is 32.5 Å². The molecule has 0 saturated carbocycles. The highest BCUT2D eigenvalue weighted by Gasteiger charge is 2.32. The van der Waals surface area contributed by atoms with Gasteiger partial charge in [-0.05, 0) is 20.8 Å². The second-order valence-electron chi connectivity index (χ2n) is 12.0. The van der Waals surface area contributed by atoms with Crippen molar-refractivity contribution in [3.05, 3.63) is 0 Å². The Kier molecular flexibility index (Phi) is 31.1. The van der Waals surface area contributed by atoms with Crippen molar-refractivity contribution in [2.45, 2.75) is 45.6 Å². The first-order chi connectivity index (χ1) is 25.7. The number of amides is 3. The van der Waals surface area contributed by atoms with Crippen LogP contribution in [0.25, 0.3) is 0 Å². The quantitative estimate of drug-likeness (QED) is 0.0682. The van der Waals surface area contributed by atoms with E-state index in [0.717, 1.165) is 0 Å². The van der Waals surface area contributed by atoms with Gasteiger partial charge in [-0.2, -0.15) is 0 Å². The van der Waals surface area contributed by atoms with Gasteiger partial charge in [0.05, 0.1) is 152 Å². The number of nitrogens with zero attached hydrogens (tertiary/aromatic N) is 1. The summed E-state index contributed by atoms with van der Waals surface area (Å²) < 4.78 is 64.8. The van der Waals surface area contributed by atoms with Gasteiger partial charge in [0.25, 0.3) is 11.8 Å². The zero-order valence-electron chi connectivity index (χ0n) is 31.8.